The molecule has 6 nitrogen and oxygen atoms in total. The molecule has 2 aromatic carbocycles. The maximum absolute atomic E-state index is 13.8. The highest BCUT2D eigenvalue weighted by Gasteiger charge is 2.29. The highest BCUT2D eigenvalue weighted by molar-refractivity contribution is 5.92. The van der Waals surface area contributed by atoms with E-state index in [-0.39, 0.29) is 11.9 Å². The van der Waals surface area contributed by atoms with Gasteiger partial charge in [0.25, 0.3) is 5.91 Å². The third-order valence-electron chi connectivity index (χ3n) is 5.83. The Morgan fingerprint density at radius 2 is 1.85 bits per heavy atom. The zero-order valence-corrected chi connectivity index (χ0v) is 19.5. The van der Waals surface area contributed by atoms with E-state index < -0.39 is 0 Å². The number of benzene rings is 2. The maximum Gasteiger partial charge on any atom is 0.273 e. The van der Waals surface area contributed by atoms with Gasteiger partial charge in [-0.15, -0.1) is 0 Å². The summed E-state index contributed by atoms with van der Waals surface area (Å²) in [5.41, 5.74) is 3.52. The van der Waals surface area contributed by atoms with Gasteiger partial charge in [-0.3, -0.25) is 4.79 Å². The quantitative estimate of drug-likeness (QED) is 0.602. The molecule has 4 rings (SSSR count). The van der Waals surface area contributed by atoms with Gasteiger partial charge in [0.15, 0.2) is 0 Å². The van der Waals surface area contributed by atoms with Crippen LogP contribution in [-0.4, -0.2) is 35.5 Å². The maximum atomic E-state index is 13.8. The molecule has 0 aliphatic carbocycles. The molecule has 1 aliphatic rings. The van der Waals surface area contributed by atoms with E-state index in [4.69, 9.17) is 9.47 Å². The van der Waals surface area contributed by atoms with Crippen LogP contribution in [0.1, 0.15) is 41.9 Å². The highest BCUT2D eigenvalue weighted by Crippen LogP contribution is 2.27. The Balaban J connectivity index is 1.77. The summed E-state index contributed by atoms with van der Waals surface area (Å²) in [5.74, 6) is 1.52. The first-order chi connectivity index (χ1) is 16.0. The monoisotopic (exact) mass is 445 g/mol. The number of anilines is 1. The average molecular weight is 446 g/mol. The Kier molecular flexibility index (Phi) is 7.13. The minimum absolute atomic E-state index is 0.121. The number of nitrogens with one attached hydrogen (secondary N) is 1. The highest BCUT2D eigenvalue weighted by atomic mass is 16.5. The molecule has 2 heterocycles. The van der Waals surface area contributed by atoms with Crippen molar-refractivity contribution in [1.82, 2.24) is 9.88 Å². The van der Waals surface area contributed by atoms with Gasteiger partial charge in [0.2, 0.25) is 5.88 Å². The van der Waals surface area contributed by atoms with Crippen molar-refractivity contribution in [2.45, 2.75) is 39.4 Å². The lowest BCUT2D eigenvalue weighted by Crippen LogP contribution is -2.44. The van der Waals surface area contributed by atoms with Crippen molar-refractivity contribution in [3.05, 3.63) is 83.6 Å². The molecular weight excluding hydrogens is 414 g/mol. The van der Waals surface area contributed by atoms with Crippen molar-refractivity contribution in [3.8, 4) is 11.6 Å². The molecule has 0 fully saturated rings. The molecule has 0 radical (unpaired) electrons. The number of pyridine rings is 1. The summed E-state index contributed by atoms with van der Waals surface area (Å²) in [6, 6.07) is 21.4. The number of ether oxygens (including phenoxy) is 2. The van der Waals surface area contributed by atoms with E-state index in [0.717, 1.165) is 29.0 Å². The average Bonchev–Trinajstić information content (AvgIpc) is 2.86. The fourth-order valence-electron chi connectivity index (χ4n) is 4.17. The molecule has 1 amide bonds. The van der Waals surface area contributed by atoms with Crippen molar-refractivity contribution in [3.63, 3.8) is 0 Å². The zero-order chi connectivity index (χ0) is 23.2. The van der Waals surface area contributed by atoms with E-state index in [1.807, 2.05) is 35.2 Å². The molecule has 1 aromatic heterocycles. The smallest absolute Gasteiger partial charge is 0.273 e. The van der Waals surface area contributed by atoms with Crippen LogP contribution < -0.4 is 14.8 Å². The summed E-state index contributed by atoms with van der Waals surface area (Å²) in [6.45, 7) is 5.85. The van der Waals surface area contributed by atoms with Crippen molar-refractivity contribution < 1.29 is 14.3 Å². The summed E-state index contributed by atoms with van der Waals surface area (Å²) in [6.07, 6.45) is 0.813. The normalized spacial score (nSPS) is 16.0. The lowest BCUT2D eigenvalue weighted by atomic mass is 10.0. The van der Waals surface area contributed by atoms with Crippen molar-refractivity contribution in [2.24, 2.45) is 5.92 Å². The number of para-hydroxylation sites is 2. The minimum Gasteiger partial charge on any atom is -0.491 e. The van der Waals surface area contributed by atoms with Gasteiger partial charge < -0.3 is 19.7 Å². The number of carbonyl (C=O) groups is 1. The lowest BCUT2D eigenvalue weighted by molar-refractivity contribution is 0.0551. The molecule has 0 spiro atoms. The predicted molar refractivity (Wildman–Crippen MR) is 130 cm³/mol. The van der Waals surface area contributed by atoms with E-state index in [2.05, 4.69) is 42.3 Å². The van der Waals surface area contributed by atoms with E-state index in [1.165, 1.54) is 0 Å². The van der Waals surface area contributed by atoms with Gasteiger partial charge in [0, 0.05) is 30.4 Å². The third-order valence-corrected chi connectivity index (χ3v) is 5.83. The molecule has 0 saturated carbocycles. The summed E-state index contributed by atoms with van der Waals surface area (Å²) >= 11 is 0. The van der Waals surface area contributed by atoms with Crippen LogP contribution in [0, 0.1) is 5.92 Å². The molecule has 0 saturated heterocycles. The predicted octanol–water partition coefficient (Wildman–Crippen LogP) is 5.15. The fraction of sp³-hybridized carbons (Fsp3) is 0.333. The first-order valence-corrected chi connectivity index (χ1v) is 11.4. The molecule has 172 valence electrons. The Morgan fingerprint density at radius 1 is 1.09 bits per heavy atom. The standard InChI is InChI=1S/C27H31N3O3/c1-19(2)15-22-18-33-25-13-7-5-9-20(25)16-28-23-11-6-4-10-21(23)17-30(22)27(31)24-12-8-14-26(29-24)32-3/h4-14,19,22,28H,15-18H2,1-3H3/t22-/m0/s1. The molecule has 6 heteroatoms. The number of hydrogen-bond acceptors (Lipinski definition) is 5. The molecule has 1 atom stereocenters. The number of carbonyl (C=O) groups excluding carboxylic acids is 1. The molecule has 1 aliphatic heterocycles. The van der Waals surface area contributed by atoms with Crippen LogP contribution in [0.5, 0.6) is 11.6 Å². The van der Waals surface area contributed by atoms with Crippen LogP contribution >= 0.6 is 0 Å². The molecule has 0 unspecified atom stereocenters. The summed E-state index contributed by atoms with van der Waals surface area (Å²) in [7, 11) is 1.55. The molecule has 33 heavy (non-hydrogen) atoms. The van der Waals surface area contributed by atoms with Crippen molar-refractivity contribution in [1.29, 1.82) is 0 Å². The number of aromatic nitrogens is 1. The number of fused-ring (bicyclic) bond motifs is 2. The number of rotatable bonds is 4. The van der Waals surface area contributed by atoms with E-state index in [0.29, 0.717) is 37.2 Å². The number of nitrogens with zero attached hydrogens (tertiary/aromatic N) is 2. The fourth-order valence-corrected chi connectivity index (χ4v) is 4.17. The Hall–Kier alpha value is -3.54. The van der Waals surface area contributed by atoms with Gasteiger partial charge in [-0.25, -0.2) is 4.98 Å². The van der Waals surface area contributed by atoms with Gasteiger partial charge in [0.1, 0.15) is 18.1 Å². The van der Waals surface area contributed by atoms with Crippen LogP contribution in [0.25, 0.3) is 0 Å². The first kappa shape index (κ1) is 22.6. The minimum atomic E-state index is -0.134. The van der Waals surface area contributed by atoms with Crippen LogP contribution in [0.2, 0.25) is 0 Å². The third kappa shape index (κ3) is 5.45. The van der Waals surface area contributed by atoms with E-state index in [1.54, 1.807) is 25.3 Å². The molecular formula is C27H31N3O3. The largest absolute Gasteiger partial charge is 0.491 e. The van der Waals surface area contributed by atoms with E-state index >= 15 is 0 Å². The SMILES string of the molecule is COc1cccc(C(=O)N2Cc3ccccc3NCc3ccccc3OC[C@@H]2CC(C)C)n1. The van der Waals surface area contributed by atoms with Gasteiger partial charge in [-0.2, -0.15) is 0 Å². The van der Waals surface area contributed by atoms with Gasteiger partial charge in [-0.05, 0) is 36.1 Å². The Morgan fingerprint density at radius 3 is 2.64 bits per heavy atom. The molecule has 3 aromatic rings. The second-order valence-corrected chi connectivity index (χ2v) is 8.71. The second-order valence-electron chi connectivity index (χ2n) is 8.71. The van der Waals surface area contributed by atoms with Crippen molar-refractivity contribution in [2.75, 3.05) is 19.0 Å². The van der Waals surface area contributed by atoms with Gasteiger partial charge >= 0.3 is 0 Å². The second kappa shape index (κ2) is 10.4. The first-order valence-electron chi connectivity index (χ1n) is 11.4. The van der Waals surface area contributed by atoms with Crippen LogP contribution in [0.15, 0.2) is 66.7 Å². The van der Waals surface area contributed by atoms with Crippen LogP contribution in [0.3, 0.4) is 0 Å². The topological polar surface area (TPSA) is 63.7 Å². The summed E-state index contributed by atoms with van der Waals surface area (Å²) < 4.78 is 11.6. The Bertz CT molecular complexity index is 1100. The Labute approximate surface area is 195 Å². The van der Waals surface area contributed by atoms with Gasteiger partial charge in [0.05, 0.1) is 13.2 Å². The zero-order valence-electron chi connectivity index (χ0n) is 19.5. The number of methoxy groups -OCH3 is 1. The molecule has 0 bridgehead atoms. The van der Waals surface area contributed by atoms with E-state index in [9.17, 15) is 4.79 Å². The summed E-state index contributed by atoms with van der Waals surface area (Å²) in [4.78, 5) is 20.1. The summed E-state index contributed by atoms with van der Waals surface area (Å²) in [5, 5.41) is 3.54. The van der Waals surface area contributed by atoms with Crippen LogP contribution in [0.4, 0.5) is 5.69 Å². The van der Waals surface area contributed by atoms with Crippen molar-refractivity contribution >= 4 is 11.6 Å². The van der Waals surface area contributed by atoms with Crippen LogP contribution in [-0.2, 0) is 13.1 Å². The lowest BCUT2D eigenvalue weighted by Gasteiger charge is -2.33. The number of amides is 1. The number of hydrogen-bond donors (Lipinski definition) is 1. The van der Waals surface area contributed by atoms with Gasteiger partial charge in [-0.1, -0.05) is 56.3 Å². The molecule has 1 N–H and O–H groups in total.